The average Bonchev–Trinajstić information content (AvgIpc) is 2.35. The molecule has 0 atom stereocenters. The number of methoxy groups -OCH3 is 1. The second-order valence-electron chi connectivity index (χ2n) is 3.43. The Labute approximate surface area is 118 Å². The summed E-state index contributed by atoms with van der Waals surface area (Å²) in [4.78, 5) is 9.70. The molecule has 0 heterocycles. The van der Waals surface area contributed by atoms with Crippen LogP contribution in [0.4, 0.5) is 5.69 Å². The summed E-state index contributed by atoms with van der Waals surface area (Å²) in [5, 5.41) is 10.9. The number of rotatable bonds is 6. The van der Waals surface area contributed by atoms with Gasteiger partial charge in [-0.1, -0.05) is 22.5 Å². The van der Waals surface area contributed by atoms with Crippen molar-refractivity contribution in [3.63, 3.8) is 0 Å². The van der Waals surface area contributed by atoms with Gasteiger partial charge in [0.05, 0.1) is 18.1 Å². The van der Waals surface area contributed by atoms with E-state index >= 15 is 0 Å². The molecule has 1 rings (SSSR count). The number of nitrogens with one attached hydrogen (secondary N) is 1. The first kappa shape index (κ1) is 15.6. The molecule has 1 aromatic carbocycles. The van der Waals surface area contributed by atoms with E-state index in [1.165, 1.54) is 13.2 Å². The lowest BCUT2D eigenvalue weighted by Gasteiger charge is -2.07. The van der Waals surface area contributed by atoms with Crippen LogP contribution in [0.5, 0.6) is 5.75 Å². The number of halogens is 1. The molecule has 0 spiro atoms. The van der Waals surface area contributed by atoms with Crippen LogP contribution in [0.3, 0.4) is 0 Å². The lowest BCUT2D eigenvalue weighted by molar-refractivity contribution is -0.387. The van der Waals surface area contributed by atoms with Crippen molar-refractivity contribution in [1.29, 1.82) is 0 Å². The maximum atomic E-state index is 11.9. The summed E-state index contributed by atoms with van der Waals surface area (Å²) in [7, 11) is -2.66. The van der Waals surface area contributed by atoms with Crippen molar-refractivity contribution in [2.75, 3.05) is 13.7 Å². The fourth-order valence-corrected chi connectivity index (χ4v) is 2.75. The number of sulfonamides is 1. The molecule has 1 aromatic rings. The first-order valence-electron chi connectivity index (χ1n) is 4.93. The molecule has 0 unspecified atom stereocenters. The molecule has 0 aliphatic carbocycles. The Morgan fingerprint density at radius 3 is 2.68 bits per heavy atom. The zero-order chi connectivity index (χ0) is 14.6. The highest BCUT2D eigenvalue weighted by Crippen LogP contribution is 2.28. The van der Waals surface area contributed by atoms with Crippen LogP contribution in [0.15, 0.2) is 34.2 Å². The number of ether oxygens (including phenoxy) is 1. The monoisotopic (exact) mass is 350 g/mol. The molecule has 0 amide bonds. The first-order valence-corrected chi connectivity index (χ1v) is 7.21. The van der Waals surface area contributed by atoms with E-state index < -0.39 is 25.5 Å². The van der Waals surface area contributed by atoms with Gasteiger partial charge in [-0.05, 0) is 12.1 Å². The van der Waals surface area contributed by atoms with E-state index in [0.717, 1.165) is 12.1 Å². The summed E-state index contributed by atoms with van der Waals surface area (Å²) in [5.74, 6) is 0.204. The Morgan fingerprint density at radius 1 is 1.58 bits per heavy atom. The topological polar surface area (TPSA) is 98.5 Å². The largest absolute Gasteiger partial charge is 0.497 e. The number of benzene rings is 1. The van der Waals surface area contributed by atoms with Gasteiger partial charge in [0.2, 0.25) is 10.0 Å². The molecule has 19 heavy (non-hydrogen) atoms. The van der Waals surface area contributed by atoms with Crippen LogP contribution < -0.4 is 9.46 Å². The van der Waals surface area contributed by atoms with Gasteiger partial charge in [-0.3, -0.25) is 10.1 Å². The second kappa shape index (κ2) is 6.13. The van der Waals surface area contributed by atoms with Gasteiger partial charge in [-0.15, -0.1) is 0 Å². The van der Waals surface area contributed by atoms with E-state index in [-0.39, 0.29) is 12.3 Å². The maximum Gasteiger partial charge on any atom is 0.293 e. The van der Waals surface area contributed by atoms with Crippen molar-refractivity contribution in [2.24, 2.45) is 0 Å². The van der Waals surface area contributed by atoms with Crippen LogP contribution in [-0.4, -0.2) is 27.0 Å². The zero-order valence-electron chi connectivity index (χ0n) is 9.92. The smallest absolute Gasteiger partial charge is 0.293 e. The minimum absolute atomic E-state index is 0.0640. The molecule has 0 saturated carbocycles. The molecule has 9 heteroatoms. The predicted octanol–water partition coefficient (Wildman–Crippen LogP) is 1.79. The quantitative estimate of drug-likeness (QED) is 0.622. The third-order valence-electron chi connectivity index (χ3n) is 2.11. The van der Waals surface area contributed by atoms with Crippen LogP contribution in [0, 0.1) is 10.1 Å². The second-order valence-corrected chi connectivity index (χ2v) is 6.29. The third kappa shape index (κ3) is 4.01. The number of nitrogens with zero attached hydrogens (tertiary/aromatic N) is 1. The highest BCUT2D eigenvalue weighted by molar-refractivity contribution is 9.11. The molecule has 7 nitrogen and oxygen atoms in total. The van der Waals surface area contributed by atoms with Crippen LogP contribution in [0.2, 0.25) is 0 Å². The summed E-state index contributed by atoms with van der Waals surface area (Å²) in [6.07, 6.45) is 0. The Hall–Kier alpha value is -1.45. The summed E-state index contributed by atoms with van der Waals surface area (Å²) in [6, 6.07) is 3.51. The molecule has 0 fully saturated rings. The van der Waals surface area contributed by atoms with Crippen molar-refractivity contribution in [1.82, 2.24) is 4.72 Å². The van der Waals surface area contributed by atoms with Gasteiger partial charge in [0.1, 0.15) is 5.75 Å². The van der Waals surface area contributed by atoms with Crippen LogP contribution in [0.1, 0.15) is 0 Å². The number of nitro groups is 1. The molecule has 0 aliphatic rings. The number of hydrogen-bond acceptors (Lipinski definition) is 5. The van der Waals surface area contributed by atoms with Gasteiger partial charge >= 0.3 is 0 Å². The Balaban J connectivity index is 3.25. The van der Waals surface area contributed by atoms with Crippen LogP contribution in [0.25, 0.3) is 0 Å². The highest BCUT2D eigenvalue weighted by atomic mass is 79.9. The first-order chi connectivity index (χ1) is 8.77. The summed E-state index contributed by atoms with van der Waals surface area (Å²) in [5.41, 5.74) is -0.549. The summed E-state index contributed by atoms with van der Waals surface area (Å²) >= 11 is 2.99. The SMILES string of the molecule is C=C(Br)CNS(=O)(=O)c1ccc(OC)cc1[N+](=O)[O-]. The molecule has 1 N–H and O–H groups in total. The zero-order valence-corrected chi connectivity index (χ0v) is 12.3. The van der Waals surface area contributed by atoms with Gasteiger partial charge in [-0.2, -0.15) is 0 Å². The normalized spacial score (nSPS) is 11.1. The van der Waals surface area contributed by atoms with Crippen molar-refractivity contribution >= 4 is 31.6 Å². The summed E-state index contributed by atoms with van der Waals surface area (Å²) < 4.78 is 31.3. The van der Waals surface area contributed by atoms with Crippen molar-refractivity contribution in [3.8, 4) is 5.75 Å². The van der Waals surface area contributed by atoms with Gasteiger partial charge in [0, 0.05) is 11.0 Å². The average molecular weight is 351 g/mol. The predicted molar refractivity (Wildman–Crippen MR) is 72.9 cm³/mol. The van der Waals surface area contributed by atoms with Crippen LogP contribution in [-0.2, 0) is 10.0 Å². The van der Waals surface area contributed by atoms with E-state index in [1.807, 2.05) is 0 Å². The number of hydrogen-bond donors (Lipinski definition) is 1. The van der Waals surface area contributed by atoms with E-state index in [4.69, 9.17) is 4.74 Å². The lowest BCUT2D eigenvalue weighted by Crippen LogP contribution is -2.25. The Kier molecular flexibility index (Phi) is 5.04. The highest BCUT2D eigenvalue weighted by Gasteiger charge is 2.26. The van der Waals surface area contributed by atoms with E-state index in [1.54, 1.807) is 0 Å². The molecule has 0 bridgehead atoms. The van der Waals surface area contributed by atoms with Gasteiger partial charge < -0.3 is 4.74 Å². The molecular weight excluding hydrogens is 340 g/mol. The molecule has 104 valence electrons. The Bertz CT molecular complexity index is 614. The molecule has 0 radical (unpaired) electrons. The Morgan fingerprint density at radius 2 is 2.21 bits per heavy atom. The lowest BCUT2D eigenvalue weighted by atomic mass is 10.3. The number of nitro benzene ring substituents is 1. The fraction of sp³-hybridized carbons (Fsp3) is 0.200. The third-order valence-corrected chi connectivity index (χ3v) is 3.84. The van der Waals surface area contributed by atoms with E-state index in [9.17, 15) is 18.5 Å². The van der Waals surface area contributed by atoms with Crippen molar-refractivity contribution in [3.05, 3.63) is 39.4 Å². The van der Waals surface area contributed by atoms with E-state index in [0.29, 0.717) is 4.48 Å². The molecular formula is C10H11BrN2O5S. The van der Waals surface area contributed by atoms with Crippen LogP contribution >= 0.6 is 15.9 Å². The van der Waals surface area contributed by atoms with Gasteiger partial charge in [0.25, 0.3) is 5.69 Å². The maximum absolute atomic E-state index is 11.9. The van der Waals surface area contributed by atoms with Gasteiger partial charge in [-0.25, -0.2) is 13.1 Å². The standard InChI is InChI=1S/C10H11BrN2O5S/c1-7(11)6-12-19(16,17)10-4-3-8(18-2)5-9(10)13(14)15/h3-5,12H,1,6H2,2H3. The van der Waals surface area contributed by atoms with Crippen molar-refractivity contribution < 1.29 is 18.1 Å². The van der Waals surface area contributed by atoms with Gasteiger partial charge in [0.15, 0.2) is 4.90 Å². The summed E-state index contributed by atoms with van der Waals surface area (Å²) in [6.45, 7) is 3.41. The fourth-order valence-electron chi connectivity index (χ4n) is 1.25. The molecule has 0 aliphatic heterocycles. The minimum Gasteiger partial charge on any atom is -0.497 e. The molecule has 0 aromatic heterocycles. The minimum atomic E-state index is -3.99. The molecule has 0 saturated heterocycles. The van der Waals surface area contributed by atoms with E-state index in [2.05, 4.69) is 27.2 Å². The van der Waals surface area contributed by atoms with Crippen molar-refractivity contribution in [2.45, 2.75) is 4.90 Å².